The molecule has 5 rings (SSSR count). The highest BCUT2D eigenvalue weighted by Gasteiger charge is 2.40. The molecule has 0 spiro atoms. The Kier molecular flexibility index (Phi) is 9.69. The van der Waals surface area contributed by atoms with Gasteiger partial charge in [0.05, 0.1) is 32.6 Å². The summed E-state index contributed by atoms with van der Waals surface area (Å²) in [5.41, 5.74) is 2.95. The summed E-state index contributed by atoms with van der Waals surface area (Å²) >= 11 is 0. The first-order valence-electron chi connectivity index (χ1n) is 14.7. The Morgan fingerprint density at radius 1 is 0.894 bits per heavy atom. The second-order valence-corrected chi connectivity index (χ2v) is 10.9. The van der Waals surface area contributed by atoms with Gasteiger partial charge in [-0.15, -0.1) is 0 Å². The number of nitrogens with zero attached hydrogens (tertiary/aromatic N) is 4. The van der Waals surface area contributed by atoms with Crippen LogP contribution in [0.4, 0.5) is 17.1 Å². The van der Waals surface area contributed by atoms with Crippen LogP contribution in [0.25, 0.3) is 0 Å². The Labute approximate surface area is 272 Å². The van der Waals surface area contributed by atoms with Crippen LogP contribution in [0, 0.1) is 0 Å². The molecule has 12 nitrogen and oxygen atoms in total. The number of fused-ring (bicyclic) bond motifs is 1. The van der Waals surface area contributed by atoms with E-state index in [1.54, 1.807) is 73.1 Å². The number of rotatable bonds is 12. The first kappa shape index (κ1) is 32.5. The lowest BCUT2D eigenvalue weighted by Crippen LogP contribution is -2.46. The highest BCUT2D eigenvalue weighted by Crippen LogP contribution is 2.41. The number of Topliss-reactive ketones (excluding diaryl/α,β-unsaturated/α-hetero) is 1. The van der Waals surface area contributed by atoms with Gasteiger partial charge in [0, 0.05) is 44.4 Å². The van der Waals surface area contributed by atoms with Crippen LogP contribution >= 0.6 is 0 Å². The number of pyridine rings is 1. The van der Waals surface area contributed by atoms with Crippen molar-refractivity contribution < 1.29 is 33.4 Å². The molecule has 1 aliphatic rings. The van der Waals surface area contributed by atoms with Gasteiger partial charge in [0.1, 0.15) is 12.6 Å². The fourth-order valence-electron chi connectivity index (χ4n) is 5.43. The molecule has 0 bridgehead atoms. The number of carbonyl (C=O) groups excluding carboxylic acids is 4. The summed E-state index contributed by atoms with van der Waals surface area (Å²) in [5.74, 6) is -1.80. The van der Waals surface area contributed by atoms with Crippen LogP contribution in [0.2, 0.25) is 0 Å². The lowest BCUT2D eigenvalue weighted by Gasteiger charge is -2.33. The summed E-state index contributed by atoms with van der Waals surface area (Å²) in [7, 11) is 8.19. The number of methoxy groups -OCH3 is 3. The number of hydrogen-bond acceptors (Lipinski definition) is 9. The smallest absolute Gasteiger partial charge is 0.299 e. The summed E-state index contributed by atoms with van der Waals surface area (Å²) in [6.07, 6.45) is 3.19. The van der Waals surface area contributed by atoms with Crippen molar-refractivity contribution in [1.82, 2.24) is 9.88 Å². The molecule has 1 atom stereocenters. The van der Waals surface area contributed by atoms with Crippen molar-refractivity contribution >= 4 is 40.6 Å². The summed E-state index contributed by atoms with van der Waals surface area (Å²) in [6.45, 7) is -0.549. The fraction of sp³-hybridized carbons (Fsp3) is 0.229. The number of carbonyl (C=O) groups is 4. The number of hydrogen-bond donors (Lipinski definition) is 1. The number of benzene rings is 3. The molecule has 1 aromatic heterocycles. The standard InChI is InChI=1S/C35H35N5O7/c1-38(2)25-14-12-24(13-15-25)37-34(43)31(23-17-28(45-3)33(47-5)29(18-23)46-4)40(20-22-9-8-16-36-19-22)30(41)21-39-27-11-7-6-10-26(27)32(42)35(39)44/h6-19,31H,20-21H2,1-5H3,(H,37,43). The molecule has 1 aliphatic heterocycles. The Morgan fingerprint density at radius 2 is 1.57 bits per heavy atom. The molecule has 0 saturated heterocycles. The third-order valence-electron chi connectivity index (χ3n) is 7.78. The maximum atomic E-state index is 14.4. The number of ketones is 1. The van der Waals surface area contributed by atoms with E-state index < -0.39 is 36.1 Å². The van der Waals surface area contributed by atoms with E-state index in [0.29, 0.717) is 28.3 Å². The van der Waals surface area contributed by atoms with Gasteiger partial charge in [-0.1, -0.05) is 18.2 Å². The third-order valence-corrected chi connectivity index (χ3v) is 7.78. The molecule has 0 radical (unpaired) electrons. The van der Waals surface area contributed by atoms with E-state index in [1.807, 2.05) is 31.1 Å². The zero-order valence-corrected chi connectivity index (χ0v) is 26.7. The van der Waals surface area contributed by atoms with Crippen molar-refractivity contribution in [2.45, 2.75) is 12.6 Å². The van der Waals surface area contributed by atoms with Crippen LogP contribution in [0.3, 0.4) is 0 Å². The molecule has 3 amide bonds. The Balaban J connectivity index is 1.62. The fourth-order valence-corrected chi connectivity index (χ4v) is 5.43. The summed E-state index contributed by atoms with van der Waals surface area (Å²) in [6, 6.07) is 19.2. The maximum Gasteiger partial charge on any atom is 0.299 e. The van der Waals surface area contributed by atoms with Crippen LogP contribution < -0.4 is 29.3 Å². The Bertz CT molecular complexity index is 1770. The Hall–Kier alpha value is -5.91. The van der Waals surface area contributed by atoms with Crippen molar-refractivity contribution in [3.63, 3.8) is 0 Å². The monoisotopic (exact) mass is 637 g/mol. The molecular weight excluding hydrogens is 602 g/mol. The minimum Gasteiger partial charge on any atom is -0.493 e. The van der Waals surface area contributed by atoms with Gasteiger partial charge in [-0.25, -0.2) is 0 Å². The van der Waals surface area contributed by atoms with E-state index in [1.165, 1.54) is 26.2 Å². The molecule has 1 unspecified atom stereocenters. The van der Waals surface area contributed by atoms with Crippen LogP contribution in [0.1, 0.15) is 27.5 Å². The topological polar surface area (TPSA) is 131 Å². The number of ether oxygens (including phenoxy) is 3. The second kappa shape index (κ2) is 14.0. The highest BCUT2D eigenvalue weighted by molar-refractivity contribution is 6.52. The van der Waals surface area contributed by atoms with Crippen LogP contribution in [-0.2, 0) is 20.9 Å². The molecule has 2 heterocycles. The maximum absolute atomic E-state index is 14.4. The number of para-hydroxylation sites is 1. The minimum atomic E-state index is -1.27. The van der Waals surface area contributed by atoms with Crippen LogP contribution in [0.5, 0.6) is 17.2 Å². The van der Waals surface area contributed by atoms with E-state index in [-0.39, 0.29) is 23.6 Å². The van der Waals surface area contributed by atoms with Crippen molar-refractivity contribution in [3.8, 4) is 17.2 Å². The summed E-state index contributed by atoms with van der Waals surface area (Å²) in [5, 5.41) is 2.94. The molecule has 0 aliphatic carbocycles. The molecule has 1 N–H and O–H groups in total. The van der Waals surface area contributed by atoms with Gasteiger partial charge in [-0.2, -0.15) is 0 Å². The molecule has 47 heavy (non-hydrogen) atoms. The molecule has 242 valence electrons. The average molecular weight is 638 g/mol. The van der Waals surface area contributed by atoms with E-state index in [2.05, 4.69) is 10.3 Å². The second-order valence-electron chi connectivity index (χ2n) is 10.9. The first-order chi connectivity index (χ1) is 22.7. The SMILES string of the molecule is COc1cc(C(C(=O)Nc2ccc(N(C)C)cc2)N(Cc2cccnc2)C(=O)CN2C(=O)C(=O)c3ccccc32)cc(OC)c1OC. The summed E-state index contributed by atoms with van der Waals surface area (Å²) in [4.78, 5) is 63.2. The molecular formula is C35H35N5O7. The van der Waals surface area contributed by atoms with Crippen molar-refractivity contribution in [3.05, 3.63) is 102 Å². The predicted molar refractivity (Wildman–Crippen MR) is 176 cm³/mol. The lowest BCUT2D eigenvalue weighted by molar-refractivity contribution is -0.139. The average Bonchev–Trinajstić information content (AvgIpc) is 3.32. The van der Waals surface area contributed by atoms with Crippen LogP contribution in [0.15, 0.2) is 85.2 Å². The van der Waals surface area contributed by atoms with Gasteiger partial charge in [0.25, 0.3) is 17.6 Å². The van der Waals surface area contributed by atoms with Gasteiger partial charge in [0.15, 0.2) is 11.5 Å². The van der Waals surface area contributed by atoms with E-state index in [4.69, 9.17) is 14.2 Å². The van der Waals surface area contributed by atoms with Gasteiger partial charge in [-0.3, -0.25) is 29.1 Å². The Morgan fingerprint density at radius 3 is 2.17 bits per heavy atom. The highest BCUT2D eigenvalue weighted by atomic mass is 16.5. The van der Waals surface area contributed by atoms with E-state index in [9.17, 15) is 19.2 Å². The van der Waals surface area contributed by atoms with E-state index >= 15 is 0 Å². The van der Waals surface area contributed by atoms with E-state index in [0.717, 1.165) is 10.6 Å². The number of nitrogens with one attached hydrogen (secondary N) is 1. The largest absolute Gasteiger partial charge is 0.493 e. The predicted octanol–water partition coefficient (Wildman–Crippen LogP) is 4.11. The van der Waals surface area contributed by atoms with Crippen LogP contribution in [-0.4, -0.2) is 75.4 Å². The zero-order valence-electron chi connectivity index (χ0n) is 26.7. The molecule has 3 aromatic carbocycles. The molecule has 4 aromatic rings. The zero-order chi connectivity index (χ0) is 33.7. The lowest BCUT2D eigenvalue weighted by atomic mass is 10.0. The van der Waals surface area contributed by atoms with Crippen molar-refractivity contribution in [1.29, 1.82) is 0 Å². The normalized spacial score (nSPS) is 12.7. The number of anilines is 3. The van der Waals surface area contributed by atoms with Gasteiger partial charge in [-0.05, 0) is 65.7 Å². The quantitative estimate of drug-likeness (QED) is 0.228. The number of amides is 3. The van der Waals surface area contributed by atoms with Gasteiger partial charge < -0.3 is 29.3 Å². The molecule has 0 fully saturated rings. The molecule has 0 saturated carbocycles. The van der Waals surface area contributed by atoms with Gasteiger partial charge in [0.2, 0.25) is 11.7 Å². The minimum absolute atomic E-state index is 0.0569. The van der Waals surface area contributed by atoms with Crippen molar-refractivity contribution in [2.75, 3.05) is 57.1 Å². The molecule has 12 heteroatoms. The number of aromatic nitrogens is 1. The van der Waals surface area contributed by atoms with Crippen molar-refractivity contribution in [2.24, 2.45) is 0 Å². The van der Waals surface area contributed by atoms with Gasteiger partial charge >= 0.3 is 0 Å². The third kappa shape index (κ3) is 6.71. The summed E-state index contributed by atoms with van der Waals surface area (Å²) < 4.78 is 16.7. The first-order valence-corrected chi connectivity index (χ1v) is 14.7.